The van der Waals surface area contributed by atoms with E-state index in [2.05, 4.69) is 0 Å². The summed E-state index contributed by atoms with van der Waals surface area (Å²) in [4.78, 5) is 25.0. The number of para-hydroxylation sites is 1. The van der Waals surface area contributed by atoms with Crippen molar-refractivity contribution >= 4 is 17.6 Å². The summed E-state index contributed by atoms with van der Waals surface area (Å²) < 4.78 is 0. The van der Waals surface area contributed by atoms with Crippen molar-refractivity contribution in [3.63, 3.8) is 0 Å². The molecule has 21 heavy (non-hydrogen) atoms. The molecular weight excluding hydrogens is 268 g/mol. The lowest BCUT2D eigenvalue weighted by Gasteiger charge is -2.19. The fourth-order valence-corrected chi connectivity index (χ4v) is 2.01. The maximum Gasteiger partial charge on any atom is 0.336 e. The fourth-order valence-electron chi connectivity index (χ4n) is 2.01. The second-order valence-electron chi connectivity index (χ2n) is 4.34. The van der Waals surface area contributed by atoms with Crippen LogP contribution in [0.5, 0.6) is 0 Å². The first-order valence-electron chi connectivity index (χ1n) is 6.15. The number of carboxylic acids is 1. The van der Waals surface area contributed by atoms with Gasteiger partial charge in [-0.05, 0) is 24.3 Å². The molecule has 5 nitrogen and oxygen atoms in total. The molecule has 0 heterocycles. The number of carbonyl (C=O) groups excluding carboxylic acids is 1. The molecule has 1 N–H and O–H groups in total. The Labute approximate surface area is 121 Å². The van der Waals surface area contributed by atoms with Crippen LogP contribution < -0.4 is 4.90 Å². The molecule has 2 aromatic rings. The minimum absolute atomic E-state index is 0.0659. The van der Waals surface area contributed by atoms with Crippen LogP contribution in [0, 0.1) is 11.3 Å². The third kappa shape index (κ3) is 2.74. The number of anilines is 1. The van der Waals surface area contributed by atoms with Crippen LogP contribution in [-0.2, 0) is 0 Å². The lowest BCUT2D eigenvalue weighted by molar-refractivity contribution is 0.0692. The molecule has 0 spiro atoms. The van der Waals surface area contributed by atoms with Crippen molar-refractivity contribution in [3.05, 3.63) is 65.2 Å². The number of hydrogen-bond acceptors (Lipinski definition) is 3. The van der Waals surface area contributed by atoms with E-state index in [0.717, 1.165) is 0 Å². The predicted molar refractivity (Wildman–Crippen MR) is 77.3 cm³/mol. The number of amides is 1. The highest BCUT2D eigenvalue weighted by atomic mass is 16.4. The van der Waals surface area contributed by atoms with Crippen LogP contribution in [0.2, 0.25) is 0 Å². The molecule has 0 saturated carbocycles. The maximum absolute atomic E-state index is 12.5. The van der Waals surface area contributed by atoms with E-state index in [4.69, 9.17) is 10.4 Å². The van der Waals surface area contributed by atoms with Gasteiger partial charge in [0.15, 0.2) is 0 Å². The van der Waals surface area contributed by atoms with Crippen molar-refractivity contribution in [3.8, 4) is 6.07 Å². The maximum atomic E-state index is 12.5. The summed E-state index contributed by atoms with van der Waals surface area (Å²) in [7, 11) is 1.51. The summed E-state index contributed by atoms with van der Waals surface area (Å²) in [6, 6.07) is 14.6. The highest BCUT2D eigenvalue weighted by Gasteiger charge is 2.21. The Bertz CT molecular complexity index is 747. The molecule has 2 aromatic carbocycles. The van der Waals surface area contributed by atoms with E-state index in [-0.39, 0.29) is 11.1 Å². The van der Waals surface area contributed by atoms with Crippen LogP contribution in [0.15, 0.2) is 48.5 Å². The highest BCUT2D eigenvalue weighted by molar-refractivity contribution is 6.12. The van der Waals surface area contributed by atoms with Crippen molar-refractivity contribution in [2.24, 2.45) is 0 Å². The van der Waals surface area contributed by atoms with Gasteiger partial charge in [-0.2, -0.15) is 5.26 Å². The molecule has 1 amide bonds. The topological polar surface area (TPSA) is 81.4 Å². The van der Waals surface area contributed by atoms with Crippen molar-refractivity contribution in [1.29, 1.82) is 5.26 Å². The molecule has 0 aliphatic rings. The normalized spacial score (nSPS) is 9.71. The molecular formula is C16H12N2O3. The molecule has 0 saturated heterocycles. The summed E-state index contributed by atoms with van der Waals surface area (Å²) in [6.07, 6.45) is 0. The fraction of sp³-hybridized carbons (Fsp3) is 0.0625. The van der Waals surface area contributed by atoms with E-state index in [1.165, 1.54) is 24.1 Å². The van der Waals surface area contributed by atoms with Crippen LogP contribution in [0.25, 0.3) is 0 Å². The van der Waals surface area contributed by atoms with Gasteiger partial charge in [0.2, 0.25) is 0 Å². The van der Waals surface area contributed by atoms with Gasteiger partial charge in [-0.15, -0.1) is 0 Å². The van der Waals surface area contributed by atoms with Gasteiger partial charge >= 0.3 is 5.97 Å². The number of carbonyl (C=O) groups is 2. The monoisotopic (exact) mass is 280 g/mol. The van der Waals surface area contributed by atoms with Gasteiger partial charge < -0.3 is 10.0 Å². The minimum Gasteiger partial charge on any atom is -0.478 e. The molecule has 0 fully saturated rings. The van der Waals surface area contributed by atoms with Crippen LogP contribution in [-0.4, -0.2) is 24.0 Å². The van der Waals surface area contributed by atoms with Crippen molar-refractivity contribution < 1.29 is 14.7 Å². The van der Waals surface area contributed by atoms with Gasteiger partial charge in [-0.25, -0.2) is 4.79 Å². The summed E-state index contributed by atoms with van der Waals surface area (Å²) in [6.45, 7) is 0. The Balaban J connectivity index is 2.46. The van der Waals surface area contributed by atoms with E-state index >= 15 is 0 Å². The summed E-state index contributed by atoms with van der Waals surface area (Å²) >= 11 is 0. The van der Waals surface area contributed by atoms with Gasteiger partial charge in [0.05, 0.1) is 22.4 Å². The standard InChI is InChI=1S/C16H12N2O3/c1-18(14-9-5-2-6-11(14)10-17)15(19)12-7-3-4-8-13(12)16(20)21/h2-9H,1H3,(H,20,21). The Hall–Kier alpha value is -3.13. The van der Waals surface area contributed by atoms with E-state index < -0.39 is 11.9 Å². The summed E-state index contributed by atoms with van der Waals surface area (Å²) in [5.74, 6) is -1.64. The molecule has 0 atom stereocenters. The average molecular weight is 280 g/mol. The molecule has 104 valence electrons. The lowest BCUT2D eigenvalue weighted by Crippen LogP contribution is -2.28. The molecule has 0 bridgehead atoms. The quantitative estimate of drug-likeness (QED) is 0.936. The first kappa shape index (κ1) is 14.3. The number of carboxylic acid groups (broad SMARTS) is 1. The summed E-state index contributed by atoms with van der Waals surface area (Å²) in [5, 5.41) is 18.2. The molecule has 0 aliphatic carbocycles. The van der Waals surface area contributed by atoms with Crippen LogP contribution in [0.4, 0.5) is 5.69 Å². The Kier molecular flexibility index (Phi) is 4.00. The van der Waals surface area contributed by atoms with E-state index in [1.54, 1.807) is 36.4 Å². The van der Waals surface area contributed by atoms with Crippen LogP contribution in [0.3, 0.4) is 0 Å². The number of nitriles is 1. The van der Waals surface area contributed by atoms with Crippen molar-refractivity contribution in [2.75, 3.05) is 11.9 Å². The predicted octanol–water partition coefficient (Wildman–Crippen LogP) is 2.53. The molecule has 0 aliphatic heterocycles. The van der Waals surface area contributed by atoms with E-state index in [1.807, 2.05) is 6.07 Å². The molecule has 2 rings (SSSR count). The van der Waals surface area contributed by atoms with Gasteiger partial charge in [0.25, 0.3) is 5.91 Å². The lowest BCUT2D eigenvalue weighted by atomic mass is 10.1. The number of benzene rings is 2. The van der Waals surface area contributed by atoms with Gasteiger partial charge in [0.1, 0.15) is 6.07 Å². The zero-order valence-corrected chi connectivity index (χ0v) is 11.3. The van der Waals surface area contributed by atoms with Crippen LogP contribution >= 0.6 is 0 Å². The largest absolute Gasteiger partial charge is 0.478 e. The first-order valence-corrected chi connectivity index (χ1v) is 6.15. The van der Waals surface area contributed by atoms with Crippen molar-refractivity contribution in [2.45, 2.75) is 0 Å². The highest BCUT2D eigenvalue weighted by Crippen LogP contribution is 2.21. The third-order valence-corrected chi connectivity index (χ3v) is 3.08. The molecule has 0 aromatic heterocycles. The molecule has 0 unspecified atom stereocenters. The third-order valence-electron chi connectivity index (χ3n) is 3.08. The van der Waals surface area contributed by atoms with Gasteiger partial charge in [-0.1, -0.05) is 24.3 Å². The molecule has 0 radical (unpaired) electrons. The first-order chi connectivity index (χ1) is 10.1. The Morgan fingerprint density at radius 3 is 2.24 bits per heavy atom. The summed E-state index contributed by atoms with van der Waals surface area (Å²) in [5.41, 5.74) is 0.801. The zero-order chi connectivity index (χ0) is 15.4. The zero-order valence-electron chi connectivity index (χ0n) is 11.3. The minimum atomic E-state index is -1.17. The van der Waals surface area contributed by atoms with Crippen molar-refractivity contribution in [1.82, 2.24) is 0 Å². The Morgan fingerprint density at radius 1 is 1.05 bits per heavy atom. The number of aromatic carboxylic acids is 1. The van der Waals surface area contributed by atoms with Gasteiger partial charge in [-0.3, -0.25) is 4.79 Å². The van der Waals surface area contributed by atoms with E-state index in [9.17, 15) is 9.59 Å². The number of nitrogens with zero attached hydrogens (tertiary/aromatic N) is 2. The van der Waals surface area contributed by atoms with E-state index in [0.29, 0.717) is 11.3 Å². The SMILES string of the molecule is CN(C(=O)c1ccccc1C(=O)O)c1ccccc1C#N. The van der Waals surface area contributed by atoms with Gasteiger partial charge in [0, 0.05) is 7.05 Å². The second kappa shape index (κ2) is 5.88. The number of rotatable bonds is 3. The van der Waals surface area contributed by atoms with Crippen LogP contribution in [0.1, 0.15) is 26.3 Å². The number of hydrogen-bond donors (Lipinski definition) is 1. The second-order valence-corrected chi connectivity index (χ2v) is 4.34. The Morgan fingerprint density at radius 2 is 1.62 bits per heavy atom. The average Bonchev–Trinajstić information content (AvgIpc) is 2.53. The molecule has 5 heteroatoms. The smallest absolute Gasteiger partial charge is 0.336 e.